The van der Waals surface area contributed by atoms with Crippen LogP contribution >= 0.6 is 0 Å². The number of carbonyl (C=O) groups excluding carboxylic acids is 2. The maximum atomic E-state index is 12.7. The van der Waals surface area contributed by atoms with Crippen molar-refractivity contribution in [1.82, 2.24) is 0 Å². The zero-order valence-corrected chi connectivity index (χ0v) is 33.6. The molecule has 0 amide bonds. The van der Waals surface area contributed by atoms with Gasteiger partial charge in [-0.15, -0.1) is 0 Å². The van der Waals surface area contributed by atoms with Crippen LogP contribution in [0.1, 0.15) is 168 Å². The van der Waals surface area contributed by atoms with Crippen molar-refractivity contribution in [3.05, 3.63) is 36.5 Å². The summed E-state index contributed by atoms with van der Waals surface area (Å²) in [7, 11) is 5.51. The number of rotatable bonds is 36. The summed E-state index contributed by atoms with van der Waals surface area (Å²) >= 11 is 0. The fourth-order valence-electron chi connectivity index (χ4n) is 5.86. The number of aliphatic carboxylic acids is 1. The molecule has 2 unspecified atom stereocenters. The molecule has 0 aliphatic heterocycles. The highest BCUT2D eigenvalue weighted by Crippen LogP contribution is 2.13. The van der Waals surface area contributed by atoms with Crippen molar-refractivity contribution in [2.24, 2.45) is 0 Å². The zero-order chi connectivity index (χ0) is 37.8. The number of likely N-dealkylation sites (N-methyl/N-ethyl adjacent to an activating group) is 1. The van der Waals surface area contributed by atoms with Crippen molar-refractivity contribution in [2.45, 2.75) is 180 Å². The molecule has 0 radical (unpaired) electrons. The highest BCUT2D eigenvalue weighted by atomic mass is 16.6. The molecule has 0 aromatic carbocycles. The minimum absolute atomic E-state index is 0.0542. The third-order valence-electron chi connectivity index (χ3n) is 9.10. The first-order valence-corrected chi connectivity index (χ1v) is 20.6. The molecule has 0 bridgehead atoms. The summed E-state index contributed by atoms with van der Waals surface area (Å²) in [5.74, 6) is -1.50. The normalized spacial score (nSPS) is 13.4. The van der Waals surface area contributed by atoms with Crippen LogP contribution in [0.25, 0.3) is 0 Å². The van der Waals surface area contributed by atoms with Crippen molar-refractivity contribution >= 4 is 17.9 Å². The van der Waals surface area contributed by atoms with Crippen LogP contribution in [0.5, 0.6) is 0 Å². The first-order chi connectivity index (χ1) is 24.6. The third-order valence-corrected chi connectivity index (χ3v) is 9.10. The van der Waals surface area contributed by atoms with Crippen LogP contribution in [0.3, 0.4) is 0 Å². The Morgan fingerprint density at radius 3 is 1.51 bits per heavy atom. The average molecular weight is 721 g/mol. The molecule has 0 saturated carbocycles. The summed E-state index contributed by atoms with van der Waals surface area (Å²) in [5, 5.41) is 9.59. The predicted molar refractivity (Wildman–Crippen MR) is 211 cm³/mol. The Labute approximate surface area is 313 Å². The molecule has 0 aromatic heterocycles. The Morgan fingerprint density at radius 2 is 1.04 bits per heavy atom. The van der Waals surface area contributed by atoms with Crippen LogP contribution in [-0.4, -0.2) is 80.6 Å². The maximum Gasteiger partial charge on any atom is 0.362 e. The number of esters is 2. The van der Waals surface area contributed by atoms with Crippen molar-refractivity contribution in [1.29, 1.82) is 0 Å². The van der Waals surface area contributed by atoms with Gasteiger partial charge in [-0.3, -0.25) is 9.59 Å². The predicted octanol–water partition coefficient (Wildman–Crippen LogP) is 10.7. The van der Waals surface area contributed by atoms with Crippen molar-refractivity contribution in [3.63, 3.8) is 0 Å². The topological polar surface area (TPSA) is 99.1 Å². The number of carboxylic acids is 1. The summed E-state index contributed by atoms with van der Waals surface area (Å²) in [6, 6.07) is -0.616. The Balaban J connectivity index is 4.40. The SMILES string of the molecule is CCCCCCC/C=C/C=C/C=C/CCCCCCCC(=O)OC(COCCC(C(=O)O)[N+](C)(C)C)COC(=O)CCCCCCCCCCC. The van der Waals surface area contributed by atoms with Crippen molar-refractivity contribution in [3.8, 4) is 0 Å². The summed E-state index contributed by atoms with van der Waals surface area (Å²) < 4.78 is 17.2. The molecule has 0 rings (SSSR count). The number of quaternary nitrogens is 1. The lowest BCUT2D eigenvalue weighted by molar-refractivity contribution is -0.887. The minimum Gasteiger partial charge on any atom is -0.477 e. The highest BCUT2D eigenvalue weighted by molar-refractivity contribution is 5.72. The zero-order valence-electron chi connectivity index (χ0n) is 33.6. The lowest BCUT2D eigenvalue weighted by Crippen LogP contribution is -2.50. The van der Waals surface area contributed by atoms with E-state index in [2.05, 4.69) is 50.3 Å². The molecule has 51 heavy (non-hydrogen) atoms. The fraction of sp³-hybridized carbons (Fsp3) is 0.791. The molecule has 2 atom stereocenters. The molecule has 0 aromatic rings. The number of unbranched alkanes of at least 4 members (excludes halogenated alkanes) is 18. The molecule has 0 aliphatic rings. The van der Waals surface area contributed by atoms with E-state index in [9.17, 15) is 19.5 Å². The minimum atomic E-state index is -0.880. The van der Waals surface area contributed by atoms with Gasteiger partial charge in [-0.2, -0.15) is 0 Å². The van der Waals surface area contributed by atoms with E-state index in [0.717, 1.165) is 64.2 Å². The number of carbonyl (C=O) groups is 3. The second-order valence-corrected chi connectivity index (χ2v) is 15.0. The second kappa shape index (κ2) is 34.6. The van der Waals surface area contributed by atoms with Gasteiger partial charge in [-0.05, 0) is 38.5 Å². The molecule has 296 valence electrons. The number of allylic oxidation sites excluding steroid dienone is 6. The highest BCUT2D eigenvalue weighted by Gasteiger charge is 2.31. The molecule has 0 aliphatic carbocycles. The molecular weight excluding hydrogens is 642 g/mol. The first kappa shape index (κ1) is 48.5. The fourth-order valence-corrected chi connectivity index (χ4v) is 5.86. The Kier molecular flexibility index (Phi) is 33.0. The van der Waals surface area contributed by atoms with Crippen molar-refractivity contribution in [2.75, 3.05) is 41.0 Å². The molecule has 0 saturated heterocycles. The number of nitrogens with zero attached hydrogens (tertiary/aromatic N) is 1. The Bertz CT molecular complexity index is 937. The summed E-state index contributed by atoms with van der Waals surface area (Å²) in [6.07, 6.45) is 37.6. The standard InChI is InChI=1S/C43H77NO7/c1-6-8-10-12-14-16-17-18-19-20-21-22-23-24-26-28-30-32-34-42(46)51-39(37-49-36-35-40(43(47)48)44(3,4)5)38-50-41(45)33-31-29-27-25-15-13-11-9-7-2/h17-22,39-40H,6-16,23-38H2,1-5H3/p+1/b18-17+,20-19+,22-21+. The molecule has 0 fully saturated rings. The van der Waals surface area contributed by atoms with E-state index in [4.69, 9.17) is 14.2 Å². The van der Waals surface area contributed by atoms with Gasteiger partial charge in [-0.1, -0.05) is 147 Å². The van der Waals surface area contributed by atoms with Crippen LogP contribution in [0.15, 0.2) is 36.5 Å². The monoisotopic (exact) mass is 721 g/mol. The molecule has 8 nitrogen and oxygen atoms in total. The van der Waals surface area contributed by atoms with Crippen LogP contribution in [0, 0.1) is 0 Å². The van der Waals surface area contributed by atoms with E-state index in [-0.39, 0.29) is 36.2 Å². The van der Waals surface area contributed by atoms with Crippen LogP contribution in [0.2, 0.25) is 0 Å². The van der Waals surface area contributed by atoms with Gasteiger partial charge in [0.25, 0.3) is 0 Å². The van der Waals surface area contributed by atoms with E-state index in [1.807, 2.05) is 21.1 Å². The maximum absolute atomic E-state index is 12.7. The molecule has 0 spiro atoms. The summed E-state index contributed by atoms with van der Waals surface area (Å²) in [6.45, 7) is 4.67. The number of hydrogen-bond donors (Lipinski definition) is 1. The third kappa shape index (κ3) is 33.2. The van der Waals surface area contributed by atoms with E-state index < -0.39 is 18.1 Å². The largest absolute Gasteiger partial charge is 0.477 e. The van der Waals surface area contributed by atoms with Gasteiger partial charge in [0.15, 0.2) is 12.1 Å². The van der Waals surface area contributed by atoms with Gasteiger partial charge in [0.1, 0.15) is 6.61 Å². The van der Waals surface area contributed by atoms with Gasteiger partial charge in [0.05, 0.1) is 34.4 Å². The number of ether oxygens (including phenoxy) is 3. The van der Waals surface area contributed by atoms with E-state index in [1.54, 1.807) is 0 Å². The van der Waals surface area contributed by atoms with Crippen LogP contribution in [0.4, 0.5) is 0 Å². The van der Waals surface area contributed by atoms with Gasteiger partial charge in [0.2, 0.25) is 0 Å². The van der Waals surface area contributed by atoms with Gasteiger partial charge < -0.3 is 23.8 Å². The van der Waals surface area contributed by atoms with E-state index >= 15 is 0 Å². The smallest absolute Gasteiger partial charge is 0.362 e. The lowest BCUT2D eigenvalue weighted by atomic mass is 10.1. The van der Waals surface area contributed by atoms with Gasteiger partial charge >= 0.3 is 17.9 Å². The Morgan fingerprint density at radius 1 is 0.588 bits per heavy atom. The summed E-state index contributed by atoms with van der Waals surface area (Å²) in [4.78, 5) is 36.8. The molecule has 8 heteroatoms. The molecule has 1 N–H and O–H groups in total. The van der Waals surface area contributed by atoms with Crippen LogP contribution < -0.4 is 0 Å². The average Bonchev–Trinajstić information content (AvgIpc) is 3.08. The second-order valence-electron chi connectivity index (χ2n) is 15.0. The number of hydrogen-bond acceptors (Lipinski definition) is 6. The lowest BCUT2D eigenvalue weighted by Gasteiger charge is -2.31. The quantitative estimate of drug-likeness (QED) is 0.0298. The van der Waals surface area contributed by atoms with Gasteiger partial charge in [0, 0.05) is 19.3 Å². The van der Waals surface area contributed by atoms with Crippen molar-refractivity contribution < 1.29 is 38.2 Å². The van der Waals surface area contributed by atoms with E-state index in [1.165, 1.54) is 70.6 Å². The molecular formula is C43H78NO7+. The Hall–Kier alpha value is -2.45. The molecule has 0 heterocycles. The van der Waals surface area contributed by atoms with E-state index in [0.29, 0.717) is 19.3 Å². The number of carboxylic acid groups (broad SMARTS) is 1. The van der Waals surface area contributed by atoms with Crippen LogP contribution in [-0.2, 0) is 28.6 Å². The first-order valence-electron chi connectivity index (χ1n) is 20.6. The summed E-state index contributed by atoms with van der Waals surface area (Å²) in [5.41, 5.74) is 0. The van der Waals surface area contributed by atoms with Gasteiger partial charge in [-0.25, -0.2) is 4.79 Å².